The zero-order valence-electron chi connectivity index (χ0n) is 6.99. The zero-order chi connectivity index (χ0) is 8.81. The number of nitrogens with two attached hydrogens (primary N) is 1. The van der Waals surface area contributed by atoms with Gasteiger partial charge in [-0.1, -0.05) is 11.2 Å². The van der Waals surface area contributed by atoms with Crippen molar-refractivity contribution in [3.05, 3.63) is 22.4 Å². The summed E-state index contributed by atoms with van der Waals surface area (Å²) in [6, 6.07) is 4.00. The van der Waals surface area contributed by atoms with Crippen molar-refractivity contribution in [2.75, 3.05) is 6.54 Å². The second kappa shape index (κ2) is 4.90. The first-order valence-electron chi connectivity index (χ1n) is 3.71. The van der Waals surface area contributed by atoms with Crippen LogP contribution in [0.4, 0.5) is 0 Å². The van der Waals surface area contributed by atoms with Crippen LogP contribution >= 0.6 is 11.3 Å². The molecule has 3 nitrogen and oxygen atoms in total. The molecule has 2 N–H and O–H groups in total. The van der Waals surface area contributed by atoms with Gasteiger partial charge in [-0.05, 0) is 18.4 Å². The van der Waals surface area contributed by atoms with E-state index < -0.39 is 0 Å². The summed E-state index contributed by atoms with van der Waals surface area (Å²) in [5, 5.41) is 5.83. The van der Waals surface area contributed by atoms with Gasteiger partial charge in [0.25, 0.3) is 0 Å². The maximum atomic E-state index is 5.32. The highest BCUT2D eigenvalue weighted by Crippen LogP contribution is 2.09. The molecular weight excluding hydrogens is 172 g/mol. The number of thiophene rings is 1. The van der Waals surface area contributed by atoms with Crippen LogP contribution in [-0.4, -0.2) is 12.3 Å². The number of rotatable bonds is 4. The van der Waals surface area contributed by atoms with Crippen LogP contribution in [0.2, 0.25) is 0 Å². The van der Waals surface area contributed by atoms with E-state index in [2.05, 4.69) is 5.16 Å². The fraction of sp³-hybridized carbons (Fsp3) is 0.375. The molecule has 0 saturated carbocycles. The molecule has 0 bridgehead atoms. The third kappa shape index (κ3) is 3.02. The lowest BCUT2D eigenvalue weighted by Gasteiger charge is -1.97. The van der Waals surface area contributed by atoms with E-state index in [0.717, 1.165) is 5.71 Å². The van der Waals surface area contributed by atoms with Crippen LogP contribution in [0.15, 0.2) is 22.7 Å². The van der Waals surface area contributed by atoms with Crippen LogP contribution in [0.3, 0.4) is 0 Å². The molecule has 0 aliphatic heterocycles. The highest BCUT2D eigenvalue weighted by molar-refractivity contribution is 7.09. The third-order valence-corrected chi connectivity index (χ3v) is 2.15. The predicted octanol–water partition coefficient (Wildman–Crippen LogP) is 1.60. The SMILES string of the molecule is C/C(CN)=N\OCc1cccs1. The Balaban J connectivity index is 2.28. The van der Waals surface area contributed by atoms with Crippen molar-refractivity contribution >= 4 is 17.0 Å². The van der Waals surface area contributed by atoms with Gasteiger partial charge in [-0.3, -0.25) is 0 Å². The van der Waals surface area contributed by atoms with Crippen LogP contribution in [0.5, 0.6) is 0 Å². The molecule has 12 heavy (non-hydrogen) atoms. The fourth-order valence-corrected chi connectivity index (χ4v) is 1.25. The molecule has 1 aromatic rings. The maximum Gasteiger partial charge on any atom is 0.151 e. The minimum Gasteiger partial charge on any atom is -0.390 e. The van der Waals surface area contributed by atoms with Gasteiger partial charge in [0, 0.05) is 11.4 Å². The number of hydrogen-bond acceptors (Lipinski definition) is 4. The molecule has 0 aliphatic carbocycles. The van der Waals surface area contributed by atoms with E-state index in [1.165, 1.54) is 4.88 Å². The standard InChI is InChI=1S/C8H12N2OS/c1-7(5-9)10-11-6-8-3-2-4-12-8/h2-4H,5-6,9H2,1H3/b10-7+. The normalized spacial score (nSPS) is 11.7. The molecule has 0 atom stereocenters. The largest absolute Gasteiger partial charge is 0.390 e. The molecule has 0 aromatic carbocycles. The Labute approximate surface area is 75.8 Å². The molecule has 0 fully saturated rings. The smallest absolute Gasteiger partial charge is 0.151 e. The van der Waals surface area contributed by atoms with E-state index in [4.69, 9.17) is 10.6 Å². The molecule has 66 valence electrons. The molecule has 0 spiro atoms. The highest BCUT2D eigenvalue weighted by Gasteiger charge is 1.92. The Kier molecular flexibility index (Phi) is 3.76. The van der Waals surface area contributed by atoms with Gasteiger partial charge in [-0.25, -0.2) is 0 Å². The molecule has 1 aromatic heterocycles. The molecule has 4 heteroatoms. The molecule has 0 amide bonds. The first-order chi connectivity index (χ1) is 5.83. The van der Waals surface area contributed by atoms with Gasteiger partial charge in [0.15, 0.2) is 6.61 Å². The van der Waals surface area contributed by atoms with Crippen molar-refractivity contribution in [3.8, 4) is 0 Å². The Morgan fingerprint density at radius 2 is 2.58 bits per heavy atom. The summed E-state index contributed by atoms with van der Waals surface area (Å²) < 4.78 is 0. The summed E-state index contributed by atoms with van der Waals surface area (Å²) >= 11 is 1.66. The van der Waals surface area contributed by atoms with Crippen molar-refractivity contribution in [3.63, 3.8) is 0 Å². The Morgan fingerprint density at radius 1 is 1.75 bits per heavy atom. The monoisotopic (exact) mass is 184 g/mol. The second-order valence-corrected chi connectivity index (χ2v) is 3.42. The lowest BCUT2D eigenvalue weighted by atomic mass is 10.4. The van der Waals surface area contributed by atoms with Crippen LogP contribution in [0, 0.1) is 0 Å². The van der Waals surface area contributed by atoms with Gasteiger partial charge in [0.05, 0.1) is 5.71 Å². The van der Waals surface area contributed by atoms with Crippen molar-refractivity contribution in [2.45, 2.75) is 13.5 Å². The Morgan fingerprint density at radius 3 is 3.17 bits per heavy atom. The maximum absolute atomic E-state index is 5.32. The van der Waals surface area contributed by atoms with E-state index in [9.17, 15) is 0 Å². The van der Waals surface area contributed by atoms with Crippen LogP contribution in [0.25, 0.3) is 0 Å². The topological polar surface area (TPSA) is 47.6 Å². The average Bonchev–Trinajstić information content (AvgIpc) is 2.57. The average molecular weight is 184 g/mol. The van der Waals surface area contributed by atoms with E-state index in [0.29, 0.717) is 13.2 Å². The van der Waals surface area contributed by atoms with Gasteiger partial charge in [0.2, 0.25) is 0 Å². The first-order valence-corrected chi connectivity index (χ1v) is 4.59. The van der Waals surface area contributed by atoms with Crippen molar-refractivity contribution in [1.82, 2.24) is 0 Å². The zero-order valence-corrected chi connectivity index (χ0v) is 7.80. The van der Waals surface area contributed by atoms with Gasteiger partial charge in [-0.2, -0.15) is 0 Å². The van der Waals surface area contributed by atoms with Crippen LogP contribution in [-0.2, 0) is 11.4 Å². The van der Waals surface area contributed by atoms with Crippen molar-refractivity contribution in [1.29, 1.82) is 0 Å². The minimum atomic E-state index is 0.449. The lowest BCUT2D eigenvalue weighted by molar-refractivity contribution is 0.132. The van der Waals surface area contributed by atoms with E-state index in [1.54, 1.807) is 11.3 Å². The molecule has 1 heterocycles. The Bertz CT molecular complexity index is 244. The minimum absolute atomic E-state index is 0.449. The summed E-state index contributed by atoms with van der Waals surface area (Å²) in [4.78, 5) is 6.22. The Hall–Kier alpha value is -0.870. The quantitative estimate of drug-likeness (QED) is 0.570. The number of hydrogen-bond donors (Lipinski definition) is 1. The predicted molar refractivity (Wildman–Crippen MR) is 51.3 cm³/mol. The summed E-state index contributed by atoms with van der Waals surface area (Å²) in [5.41, 5.74) is 6.13. The summed E-state index contributed by atoms with van der Waals surface area (Å²) in [7, 11) is 0. The van der Waals surface area contributed by atoms with Gasteiger partial charge >= 0.3 is 0 Å². The van der Waals surface area contributed by atoms with Crippen molar-refractivity contribution in [2.24, 2.45) is 10.9 Å². The van der Waals surface area contributed by atoms with Crippen LogP contribution < -0.4 is 5.73 Å². The van der Waals surface area contributed by atoms with Gasteiger partial charge in [-0.15, -0.1) is 11.3 Å². The molecule has 0 aliphatic rings. The molecule has 0 saturated heterocycles. The van der Waals surface area contributed by atoms with Crippen LogP contribution in [0.1, 0.15) is 11.8 Å². The van der Waals surface area contributed by atoms with Gasteiger partial charge < -0.3 is 10.6 Å². The van der Waals surface area contributed by atoms with Crippen molar-refractivity contribution < 1.29 is 4.84 Å². The summed E-state index contributed by atoms with van der Waals surface area (Å²) in [6.45, 7) is 2.83. The lowest BCUT2D eigenvalue weighted by Crippen LogP contribution is -2.09. The molecular formula is C8H12N2OS. The van der Waals surface area contributed by atoms with E-state index in [1.807, 2.05) is 24.4 Å². The molecule has 0 radical (unpaired) electrons. The summed E-state index contributed by atoms with van der Waals surface area (Å²) in [5.74, 6) is 0. The van der Waals surface area contributed by atoms with Gasteiger partial charge in [0.1, 0.15) is 0 Å². The second-order valence-electron chi connectivity index (χ2n) is 2.38. The summed E-state index contributed by atoms with van der Waals surface area (Å²) in [6.07, 6.45) is 0. The molecule has 0 unspecified atom stereocenters. The van der Waals surface area contributed by atoms with E-state index in [-0.39, 0.29) is 0 Å². The van der Waals surface area contributed by atoms with E-state index >= 15 is 0 Å². The fourth-order valence-electron chi connectivity index (χ4n) is 0.638. The first kappa shape index (κ1) is 9.22. The molecule has 1 rings (SSSR count). The third-order valence-electron chi connectivity index (χ3n) is 1.30. The number of nitrogens with zero attached hydrogens (tertiary/aromatic N) is 1. The number of oxime groups is 1. The highest BCUT2D eigenvalue weighted by atomic mass is 32.1.